The first-order valence-corrected chi connectivity index (χ1v) is 2.68. The summed E-state index contributed by atoms with van der Waals surface area (Å²) in [6, 6.07) is 0. The van der Waals surface area contributed by atoms with E-state index in [0.29, 0.717) is 0 Å². The predicted octanol–water partition coefficient (Wildman–Crippen LogP) is -0.329. The second kappa shape index (κ2) is 2.95. The minimum Gasteiger partial charge on any atom is -0.741 e. The normalized spacial score (nSPS) is 12.4. The van der Waals surface area contributed by atoms with E-state index in [4.69, 9.17) is 13.0 Å². The molecule has 3 nitrogen and oxygen atoms in total. The van der Waals surface area contributed by atoms with Crippen LogP contribution < -0.4 is 0 Å². The molecule has 0 aliphatic heterocycles. The minimum absolute atomic E-state index is 0. The van der Waals surface area contributed by atoms with Crippen molar-refractivity contribution in [1.29, 1.82) is 0 Å². The van der Waals surface area contributed by atoms with E-state index in [9.17, 15) is 13.2 Å². The number of hydrogen-bond donors (Lipinski definition) is 0. The van der Waals surface area contributed by atoms with Gasteiger partial charge in [-0.1, -0.05) is 0 Å². The Morgan fingerprint density at radius 3 is 1.33 bits per heavy atom. The van der Waals surface area contributed by atoms with Crippen molar-refractivity contribution in [3.05, 3.63) is 0 Å². The van der Waals surface area contributed by atoms with E-state index in [-0.39, 0.29) is 19.8 Å². The van der Waals surface area contributed by atoms with Gasteiger partial charge < -0.3 is 4.55 Å². The van der Waals surface area contributed by atoms with Gasteiger partial charge in [0.25, 0.3) is 0 Å². The fraction of sp³-hybridized carbons (Fsp3) is 1.00. The molecule has 0 aliphatic rings. The Hall–Kier alpha value is 0.336. The van der Waals surface area contributed by atoms with Crippen molar-refractivity contribution in [2.45, 2.75) is 5.51 Å². The van der Waals surface area contributed by atoms with Gasteiger partial charge in [0.05, 0.1) is 0 Å². The van der Waals surface area contributed by atoms with Gasteiger partial charge >= 0.3 is 25.3 Å². The van der Waals surface area contributed by atoms with E-state index in [0.717, 1.165) is 0 Å². The summed E-state index contributed by atoms with van der Waals surface area (Å²) in [5.41, 5.74) is -5.65. The van der Waals surface area contributed by atoms with Gasteiger partial charge in [0.15, 0.2) is 10.1 Å². The Labute approximate surface area is 62.0 Å². The Morgan fingerprint density at radius 2 is 1.33 bits per heavy atom. The van der Waals surface area contributed by atoms with E-state index in [1.54, 1.807) is 0 Å². The van der Waals surface area contributed by atoms with E-state index in [2.05, 4.69) is 0 Å². The van der Waals surface area contributed by atoms with E-state index < -0.39 is 15.6 Å². The van der Waals surface area contributed by atoms with Crippen LogP contribution in [0.15, 0.2) is 0 Å². The molecule has 0 fully saturated rings. The molecule has 0 spiro atoms. The van der Waals surface area contributed by atoms with Crippen molar-refractivity contribution in [3.8, 4) is 0 Å². The number of halogens is 3. The van der Waals surface area contributed by atoms with Gasteiger partial charge in [-0.25, -0.2) is 8.42 Å². The molecule has 0 heterocycles. The molecule has 0 aromatic carbocycles. The first kappa shape index (κ1) is 12.1. The fourth-order valence-electron chi connectivity index (χ4n) is 0. The quantitative estimate of drug-likeness (QED) is 0.318. The van der Waals surface area contributed by atoms with Crippen molar-refractivity contribution < 1.29 is 26.1 Å². The first-order valence-electron chi connectivity index (χ1n) is 1.27. The molecular formula is CF3GaO3S+2. The Kier molecular flexibility index (Phi) is 3.95. The summed E-state index contributed by atoms with van der Waals surface area (Å²) in [5, 5.41) is 0. The Bertz CT molecular complexity index is 168. The minimum atomic E-state index is -6.09. The van der Waals surface area contributed by atoms with Crippen LogP contribution in [0.25, 0.3) is 0 Å². The molecule has 0 aliphatic carbocycles. The summed E-state index contributed by atoms with van der Waals surface area (Å²) in [6.07, 6.45) is 0. The second-order valence-corrected chi connectivity index (χ2v) is 2.27. The van der Waals surface area contributed by atoms with Gasteiger partial charge in [-0.2, -0.15) is 13.2 Å². The Balaban J connectivity index is 0. The smallest absolute Gasteiger partial charge is 0.741 e. The molecule has 0 amide bonds. The molecule has 0 aromatic heterocycles. The molecule has 0 aromatic rings. The standard InChI is InChI=1S/CHF3O3S.Ga/c2-1(3,4)8(5,6)7;/h(H,5,6,7);/q;+3/p-1. The average Bonchev–Trinajstić information content (AvgIpc) is 1.25. The van der Waals surface area contributed by atoms with Gasteiger partial charge in [-0.05, 0) is 0 Å². The van der Waals surface area contributed by atoms with Gasteiger partial charge in [-0.15, -0.1) is 0 Å². The number of rotatable bonds is 0. The molecule has 0 bridgehead atoms. The second-order valence-electron chi connectivity index (χ2n) is 0.900. The van der Waals surface area contributed by atoms with Crippen LogP contribution in [0.3, 0.4) is 0 Å². The van der Waals surface area contributed by atoms with Crippen molar-refractivity contribution >= 4 is 29.9 Å². The largest absolute Gasteiger partial charge is 3.00 e. The maximum atomic E-state index is 10.7. The van der Waals surface area contributed by atoms with Crippen LogP contribution in [0.5, 0.6) is 0 Å². The molecule has 50 valence electrons. The topological polar surface area (TPSA) is 57.2 Å². The maximum absolute atomic E-state index is 10.7. The summed E-state index contributed by atoms with van der Waals surface area (Å²) < 4.78 is 58.9. The van der Waals surface area contributed by atoms with Crippen molar-refractivity contribution in [3.63, 3.8) is 0 Å². The maximum Gasteiger partial charge on any atom is 3.00 e. The van der Waals surface area contributed by atoms with E-state index in [1.807, 2.05) is 0 Å². The Morgan fingerprint density at radius 1 is 1.22 bits per heavy atom. The molecule has 0 radical (unpaired) electrons. The van der Waals surface area contributed by atoms with Crippen LogP contribution in [0, 0.1) is 0 Å². The molecule has 0 saturated carbocycles. The van der Waals surface area contributed by atoms with Crippen LogP contribution in [0.1, 0.15) is 0 Å². The van der Waals surface area contributed by atoms with Crippen LogP contribution in [0.2, 0.25) is 0 Å². The zero-order valence-corrected chi connectivity index (χ0v) is 7.08. The fourth-order valence-corrected chi connectivity index (χ4v) is 0. The summed E-state index contributed by atoms with van der Waals surface area (Å²) >= 11 is 0. The first-order chi connectivity index (χ1) is 3.25. The van der Waals surface area contributed by atoms with Crippen molar-refractivity contribution in [2.24, 2.45) is 0 Å². The molecule has 0 unspecified atom stereocenters. The van der Waals surface area contributed by atoms with Gasteiger partial charge in [0, 0.05) is 0 Å². The van der Waals surface area contributed by atoms with Crippen LogP contribution in [0.4, 0.5) is 13.2 Å². The molecule has 0 atom stereocenters. The third kappa shape index (κ3) is 3.84. The molecule has 0 N–H and O–H groups in total. The molecular weight excluding hydrogens is 219 g/mol. The van der Waals surface area contributed by atoms with Crippen LogP contribution in [-0.2, 0) is 10.1 Å². The van der Waals surface area contributed by atoms with E-state index in [1.165, 1.54) is 0 Å². The van der Waals surface area contributed by atoms with Crippen LogP contribution >= 0.6 is 0 Å². The van der Waals surface area contributed by atoms with E-state index >= 15 is 0 Å². The summed E-state index contributed by atoms with van der Waals surface area (Å²) in [7, 11) is -6.09. The molecule has 0 saturated heterocycles. The van der Waals surface area contributed by atoms with Crippen LogP contribution in [-0.4, -0.2) is 38.3 Å². The third-order valence-corrected chi connectivity index (χ3v) is 0.850. The van der Waals surface area contributed by atoms with Gasteiger partial charge in [-0.3, -0.25) is 0 Å². The van der Waals surface area contributed by atoms with Crippen molar-refractivity contribution in [2.75, 3.05) is 0 Å². The van der Waals surface area contributed by atoms with Crippen molar-refractivity contribution in [1.82, 2.24) is 0 Å². The zero-order valence-electron chi connectivity index (χ0n) is 3.84. The monoisotopic (exact) mass is 218 g/mol. The predicted molar refractivity (Wildman–Crippen MR) is 21.5 cm³/mol. The zero-order chi connectivity index (χ0) is 7.00. The summed E-state index contributed by atoms with van der Waals surface area (Å²) in [6.45, 7) is 0. The average molecular weight is 219 g/mol. The summed E-state index contributed by atoms with van der Waals surface area (Å²) in [5.74, 6) is 0. The number of hydrogen-bond acceptors (Lipinski definition) is 3. The molecule has 0 rings (SSSR count). The van der Waals surface area contributed by atoms with Gasteiger partial charge in [0.2, 0.25) is 0 Å². The molecule has 9 heavy (non-hydrogen) atoms. The third-order valence-electron chi connectivity index (χ3n) is 0.283. The molecule has 8 heteroatoms. The number of alkyl halides is 3. The van der Waals surface area contributed by atoms with Gasteiger partial charge in [0.1, 0.15) is 0 Å². The summed E-state index contributed by atoms with van der Waals surface area (Å²) in [4.78, 5) is 0. The SMILES string of the molecule is O=S(=O)([O-])C(F)(F)F.[Ga+3].